The molecule has 0 aliphatic carbocycles. The van der Waals surface area contributed by atoms with E-state index in [0.717, 1.165) is 0 Å². The minimum Gasteiger partial charge on any atom is -0.380 e. The minimum absolute atomic E-state index is 2.00. The molecular formula is C25H8F42OS2. The Bertz CT molecular complexity index is 1740. The number of hydrogen-bond donors (Lipinski definition) is 0. The van der Waals surface area contributed by atoms with Crippen LogP contribution < -0.4 is 0 Å². The molecule has 1 aliphatic rings. The monoisotopic (exact) mass is 1190 g/mol. The molecule has 70 heavy (non-hydrogen) atoms. The smallest absolute Gasteiger partial charge is 0.380 e. The molecule has 0 bridgehead atoms. The summed E-state index contributed by atoms with van der Waals surface area (Å²) in [4.78, 5) is 0. The van der Waals surface area contributed by atoms with E-state index in [9.17, 15) is 184 Å². The van der Waals surface area contributed by atoms with E-state index in [1.165, 1.54) is 0 Å². The summed E-state index contributed by atoms with van der Waals surface area (Å²) in [5.41, 5.74) is -3.56. The Kier molecular flexibility index (Phi) is 15.8. The van der Waals surface area contributed by atoms with Crippen LogP contribution in [0, 0.1) is 5.41 Å². The van der Waals surface area contributed by atoms with Crippen LogP contribution in [0.2, 0.25) is 0 Å². The first-order valence-corrected chi connectivity index (χ1v) is 17.4. The van der Waals surface area contributed by atoms with Gasteiger partial charge in [-0.1, -0.05) is 23.5 Å². The summed E-state index contributed by atoms with van der Waals surface area (Å²) in [6.45, 7) is -4.00. The SMILES string of the molecule is FC(F)(F)C(F)(F)C(F)(F)C(F)(F)C(F)(F)C(F)(F)C(F)(F)C(F)(F)C(F)(F)C(F)(F)SCC1(CSC(F)(F)C(F)(F)C(F)(F)C(F)(F)C(F)(F)C(F)(F)C(F)(F)C(F)(F)C(F)(F)C(F)(F)F)COC1. The number of hydrogen-bond acceptors (Lipinski definition) is 3. The Morgan fingerprint density at radius 1 is 0.229 bits per heavy atom. The molecule has 0 unspecified atom stereocenters. The van der Waals surface area contributed by atoms with Crippen LogP contribution in [0.1, 0.15) is 0 Å². The maximum absolute atomic E-state index is 14.4. The number of halogens is 42. The Morgan fingerprint density at radius 2 is 0.371 bits per heavy atom. The minimum atomic E-state index is -9.68. The summed E-state index contributed by atoms with van der Waals surface area (Å²) in [6.07, 6.45) is -16.6. The van der Waals surface area contributed by atoms with Gasteiger partial charge in [0, 0.05) is 16.9 Å². The van der Waals surface area contributed by atoms with Crippen molar-refractivity contribution < 1.29 is 189 Å². The molecule has 1 rings (SSSR count). The van der Waals surface area contributed by atoms with Crippen molar-refractivity contribution in [3.63, 3.8) is 0 Å². The number of alkyl halides is 42. The summed E-state index contributed by atoms with van der Waals surface area (Å²) in [5, 5.41) is -15.3. The van der Waals surface area contributed by atoms with Crippen molar-refractivity contribution in [2.45, 2.75) is 118 Å². The molecule has 0 radical (unpaired) electrons. The maximum Gasteiger partial charge on any atom is 0.460 e. The van der Waals surface area contributed by atoms with Crippen molar-refractivity contribution in [3.05, 3.63) is 0 Å². The molecule has 0 aromatic rings. The van der Waals surface area contributed by atoms with E-state index in [4.69, 9.17) is 0 Å². The van der Waals surface area contributed by atoms with Gasteiger partial charge in [0.05, 0.1) is 13.2 Å². The van der Waals surface area contributed by atoms with E-state index in [1.54, 1.807) is 0 Å². The average Bonchev–Trinajstić information content (AvgIpc) is 3.11. The molecule has 0 aromatic heterocycles. The summed E-state index contributed by atoms with van der Waals surface area (Å²) in [6, 6.07) is 0. The second-order valence-corrected chi connectivity index (χ2v) is 16.0. The zero-order valence-electron chi connectivity index (χ0n) is 30.4. The van der Waals surface area contributed by atoms with Crippen LogP contribution in [-0.2, 0) is 4.74 Å². The Labute approximate surface area is 361 Å². The molecule has 1 saturated heterocycles. The summed E-state index contributed by atoms with van der Waals surface area (Å²) in [5.74, 6) is -155. The van der Waals surface area contributed by atoms with E-state index in [0.29, 0.717) is 0 Å². The third-order valence-electron chi connectivity index (χ3n) is 8.90. The molecule has 1 aliphatic heterocycles. The van der Waals surface area contributed by atoms with Crippen molar-refractivity contribution in [3.8, 4) is 0 Å². The van der Waals surface area contributed by atoms with E-state index < -0.39 is 171 Å². The fourth-order valence-corrected chi connectivity index (χ4v) is 6.62. The second-order valence-electron chi connectivity index (χ2n) is 13.8. The highest BCUT2D eigenvalue weighted by Crippen LogP contribution is 2.70. The van der Waals surface area contributed by atoms with Gasteiger partial charge in [-0.2, -0.15) is 184 Å². The topological polar surface area (TPSA) is 9.23 Å². The largest absolute Gasteiger partial charge is 0.460 e. The zero-order chi connectivity index (χ0) is 57.4. The van der Waals surface area contributed by atoms with Crippen LogP contribution in [0.3, 0.4) is 0 Å². The van der Waals surface area contributed by atoms with Gasteiger partial charge in [-0.05, 0) is 0 Å². The molecule has 420 valence electrons. The normalized spacial score (nSPS) is 18.6. The molecule has 1 nitrogen and oxygen atoms in total. The van der Waals surface area contributed by atoms with Gasteiger partial charge in [-0.25, -0.2) is 0 Å². The quantitative estimate of drug-likeness (QED) is 0.100. The van der Waals surface area contributed by atoms with Crippen molar-refractivity contribution in [1.82, 2.24) is 0 Å². The second kappa shape index (κ2) is 16.9. The highest BCUT2D eigenvalue weighted by molar-refractivity contribution is 8.01. The summed E-state index contributed by atoms with van der Waals surface area (Å²) >= 11 is -5.45. The molecule has 0 amide bonds. The average molecular weight is 1190 g/mol. The number of ether oxygens (including phenoxy) is 1. The van der Waals surface area contributed by atoms with Crippen LogP contribution >= 0.6 is 23.5 Å². The molecule has 0 spiro atoms. The van der Waals surface area contributed by atoms with Gasteiger partial charge in [-0.3, -0.25) is 0 Å². The summed E-state index contributed by atoms with van der Waals surface area (Å²) in [7, 11) is 0. The standard InChI is InChI=1S/C25H8F42OS2/c26-6(27,10(34,35)14(42,43)18(50,51)22(58,59)60)8(30,31)12(38,39)16(46,47)20(54,55)24(64,65)69-3-5(1-68-2-5)4-70-25(66,67)21(56,57)17(48,49)13(40,41)9(32,33)7(28,29)11(36,37)15(44,45)19(52,53)23(61,62)63/h1-4H2. The van der Waals surface area contributed by atoms with E-state index in [-0.39, 0.29) is 0 Å². The third-order valence-corrected chi connectivity index (χ3v) is 11.7. The number of rotatable bonds is 22. The van der Waals surface area contributed by atoms with Crippen LogP contribution in [0.25, 0.3) is 0 Å². The maximum atomic E-state index is 14.4. The van der Waals surface area contributed by atoms with Gasteiger partial charge in [0.2, 0.25) is 0 Å². The van der Waals surface area contributed by atoms with Gasteiger partial charge >= 0.3 is 118 Å². The van der Waals surface area contributed by atoms with Crippen molar-refractivity contribution in [2.75, 3.05) is 24.7 Å². The molecule has 1 fully saturated rings. The molecule has 0 N–H and O–H groups in total. The molecule has 0 atom stereocenters. The van der Waals surface area contributed by atoms with Crippen molar-refractivity contribution >= 4 is 23.5 Å². The Morgan fingerprint density at radius 3 is 0.500 bits per heavy atom. The molecule has 45 heteroatoms. The van der Waals surface area contributed by atoms with Gasteiger partial charge < -0.3 is 4.74 Å². The van der Waals surface area contributed by atoms with Crippen LogP contribution in [0.15, 0.2) is 0 Å². The predicted octanol–water partition coefficient (Wildman–Crippen LogP) is 14.9. The molecule has 0 saturated carbocycles. The van der Waals surface area contributed by atoms with Gasteiger partial charge in [0.15, 0.2) is 0 Å². The van der Waals surface area contributed by atoms with Crippen LogP contribution in [0.5, 0.6) is 0 Å². The lowest BCUT2D eigenvalue weighted by Crippen LogP contribution is -2.76. The predicted molar refractivity (Wildman–Crippen MR) is 139 cm³/mol. The molecular weight excluding hydrogens is 1180 g/mol. The van der Waals surface area contributed by atoms with E-state index >= 15 is 0 Å². The zero-order valence-corrected chi connectivity index (χ0v) is 32.1. The van der Waals surface area contributed by atoms with Gasteiger partial charge in [-0.15, -0.1) is 0 Å². The molecule has 1 heterocycles. The van der Waals surface area contributed by atoms with Gasteiger partial charge in [0.1, 0.15) is 0 Å². The van der Waals surface area contributed by atoms with Crippen molar-refractivity contribution in [2.24, 2.45) is 5.41 Å². The fourth-order valence-electron chi connectivity index (χ4n) is 4.36. The van der Waals surface area contributed by atoms with Crippen molar-refractivity contribution in [1.29, 1.82) is 0 Å². The fraction of sp³-hybridized carbons (Fsp3) is 1.00. The molecule has 0 aromatic carbocycles. The van der Waals surface area contributed by atoms with Gasteiger partial charge in [0.25, 0.3) is 0 Å². The highest BCUT2D eigenvalue weighted by atomic mass is 32.2. The lowest BCUT2D eigenvalue weighted by molar-refractivity contribution is -0.472. The lowest BCUT2D eigenvalue weighted by atomic mass is 9.87. The first-order valence-electron chi connectivity index (χ1n) is 15.4. The Balaban J connectivity index is 3.67. The third kappa shape index (κ3) is 8.34. The van der Waals surface area contributed by atoms with E-state index in [2.05, 4.69) is 4.74 Å². The Hall–Kier alpha value is -2.28. The van der Waals surface area contributed by atoms with Crippen LogP contribution in [-0.4, -0.2) is 142 Å². The highest BCUT2D eigenvalue weighted by Gasteiger charge is 3.00. The first-order chi connectivity index (χ1) is 29.6. The van der Waals surface area contributed by atoms with E-state index in [1.807, 2.05) is 0 Å². The lowest BCUT2D eigenvalue weighted by Gasteiger charge is -2.46. The van der Waals surface area contributed by atoms with Crippen LogP contribution in [0.4, 0.5) is 184 Å². The number of thioether (sulfide) groups is 2. The first kappa shape index (κ1) is 65.7. The summed E-state index contributed by atoms with van der Waals surface area (Å²) < 4.78 is 575.